The molecule has 0 aromatic heterocycles. The Morgan fingerprint density at radius 1 is 0.966 bits per heavy atom. The fourth-order valence-electron chi connectivity index (χ4n) is 4.57. The second kappa shape index (κ2) is 9.96. The van der Waals surface area contributed by atoms with Gasteiger partial charge in [-0.05, 0) is 49.2 Å². The predicted molar refractivity (Wildman–Crippen MR) is 123 cm³/mol. The van der Waals surface area contributed by atoms with Crippen molar-refractivity contribution in [3.8, 4) is 0 Å². The third-order valence-corrected chi connectivity index (χ3v) is 6.61. The van der Waals surface area contributed by atoms with Gasteiger partial charge in [0.25, 0.3) is 0 Å². The summed E-state index contributed by atoms with van der Waals surface area (Å²) in [5, 5.41) is 7.81. The van der Waals surface area contributed by atoms with Crippen molar-refractivity contribution in [2.45, 2.75) is 38.6 Å². The number of hydrogen-bond acceptors (Lipinski definition) is 5. The molecule has 1 aromatic carbocycles. The fraction of sp³-hybridized carbons (Fsp3) is 0.682. The van der Waals surface area contributed by atoms with E-state index in [0.29, 0.717) is 12.0 Å². The summed E-state index contributed by atoms with van der Waals surface area (Å²) in [6.45, 7) is 9.13. The Balaban J connectivity index is 1.50. The minimum atomic E-state index is 0.475. The van der Waals surface area contributed by atoms with Crippen LogP contribution in [0.1, 0.15) is 32.6 Å². The number of thiocarbonyl (C=S) groups is 1. The van der Waals surface area contributed by atoms with Crippen molar-refractivity contribution in [3.05, 3.63) is 18.2 Å². The molecular weight excluding hydrogens is 384 g/mol. The first kappa shape index (κ1) is 20.7. The average molecular weight is 419 g/mol. The van der Waals surface area contributed by atoms with E-state index in [2.05, 4.69) is 45.6 Å². The van der Waals surface area contributed by atoms with Crippen molar-refractivity contribution in [2.75, 3.05) is 67.7 Å². The van der Waals surface area contributed by atoms with E-state index >= 15 is 0 Å². The predicted octanol–water partition coefficient (Wildman–Crippen LogP) is 3.22. The zero-order valence-electron chi connectivity index (χ0n) is 17.5. The summed E-state index contributed by atoms with van der Waals surface area (Å²) in [6.07, 6.45) is 5.12. The van der Waals surface area contributed by atoms with Crippen molar-refractivity contribution in [3.63, 3.8) is 0 Å². The summed E-state index contributed by atoms with van der Waals surface area (Å²) in [4.78, 5) is 4.80. The van der Waals surface area contributed by atoms with E-state index in [1.165, 1.54) is 37.1 Å². The molecule has 3 fully saturated rings. The van der Waals surface area contributed by atoms with Gasteiger partial charge in [-0.25, -0.2) is 0 Å². The first-order valence-corrected chi connectivity index (χ1v) is 11.5. The Morgan fingerprint density at radius 3 is 2.31 bits per heavy atom. The first-order chi connectivity index (χ1) is 14.2. The minimum absolute atomic E-state index is 0.475. The molecule has 3 aliphatic rings. The Bertz CT molecular complexity index is 689. The summed E-state index contributed by atoms with van der Waals surface area (Å²) in [6, 6.07) is 7.14. The molecule has 4 rings (SSSR count). The molecule has 2 atom stereocenters. The van der Waals surface area contributed by atoms with E-state index in [1.807, 2.05) is 0 Å². The molecule has 1 aromatic rings. The topological polar surface area (TPSA) is 49.0 Å². The van der Waals surface area contributed by atoms with Gasteiger partial charge in [0.15, 0.2) is 5.11 Å². The highest BCUT2D eigenvalue weighted by atomic mass is 32.1. The van der Waals surface area contributed by atoms with Gasteiger partial charge in [-0.3, -0.25) is 0 Å². The number of morpholine rings is 2. The molecule has 0 spiro atoms. The van der Waals surface area contributed by atoms with Crippen LogP contribution in [-0.2, 0) is 9.47 Å². The maximum Gasteiger partial charge on any atom is 0.171 e. The molecule has 2 aliphatic heterocycles. The highest BCUT2D eigenvalue weighted by Crippen LogP contribution is 2.32. The normalized spacial score (nSPS) is 25.6. The summed E-state index contributed by atoms with van der Waals surface area (Å²) in [5.74, 6) is 0.672. The molecule has 1 saturated carbocycles. The van der Waals surface area contributed by atoms with E-state index in [1.54, 1.807) is 0 Å². The van der Waals surface area contributed by atoms with Crippen LogP contribution in [0.3, 0.4) is 0 Å². The SMILES string of the molecule is C[C@H]1CCCC[C@H]1NC(=S)Nc1ccc(N2CCOCC2)cc1N1CCOCC1. The van der Waals surface area contributed by atoms with Crippen LogP contribution in [0.15, 0.2) is 18.2 Å². The Hall–Kier alpha value is -1.57. The largest absolute Gasteiger partial charge is 0.378 e. The average Bonchev–Trinajstić information content (AvgIpc) is 2.77. The fourth-order valence-corrected chi connectivity index (χ4v) is 4.83. The van der Waals surface area contributed by atoms with Gasteiger partial charge in [-0.1, -0.05) is 19.8 Å². The molecule has 0 unspecified atom stereocenters. The second-order valence-corrected chi connectivity index (χ2v) is 8.78. The highest BCUT2D eigenvalue weighted by Gasteiger charge is 2.23. The van der Waals surface area contributed by atoms with Crippen molar-refractivity contribution < 1.29 is 9.47 Å². The molecule has 2 saturated heterocycles. The van der Waals surface area contributed by atoms with Gasteiger partial charge in [-0.15, -0.1) is 0 Å². The van der Waals surface area contributed by atoms with E-state index in [9.17, 15) is 0 Å². The minimum Gasteiger partial charge on any atom is -0.378 e. The zero-order valence-corrected chi connectivity index (χ0v) is 18.3. The maximum atomic E-state index is 5.70. The summed E-state index contributed by atoms with van der Waals surface area (Å²) >= 11 is 5.70. The Kier molecular flexibility index (Phi) is 7.11. The van der Waals surface area contributed by atoms with Crippen LogP contribution < -0.4 is 20.4 Å². The number of nitrogens with zero attached hydrogens (tertiary/aromatic N) is 2. The van der Waals surface area contributed by atoms with Crippen LogP contribution in [0.2, 0.25) is 0 Å². The molecule has 0 radical (unpaired) electrons. The number of hydrogen-bond donors (Lipinski definition) is 2. The number of nitrogens with one attached hydrogen (secondary N) is 2. The molecule has 1 aliphatic carbocycles. The van der Waals surface area contributed by atoms with Gasteiger partial charge < -0.3 is 29.9 Å². The van der Waals surface area contributed by atoms with Gasteiger partial charge in [-0.2, -0.15) is 0 Å². The molecular formula is C22H34N4O2S. The summed E-state index contributed by atoms with van der Waals surface area (Å²) in [5.41, 5.74) is 3.53. The van der Waals surface area contributed by atoms with Crippen molar-refractivity contribution in [1.29, 1.82) is 0 Å². The number of rotatable bonds is 4. The second-order valence-electron chi connectivity index (χ2n) is 8.37. The first-order valence-electron chi connectivity index (χ1n) is 11.1. The van der Waals surface area contributed by atoms with Gasteiger partial charge in [0, 0.05) is 37.9 Å². The monoisotopic (exact) mass is 418 g/mol. The Labute approximate surface area is 179 Å². The lowest BCUT2D eigenvalue weighted by Gasteiger charge is -2.34. The van der Waals surface area contributed by atoms with Crippen LogP contribution in [0.25, 0.3) is 0 Å². The zero-order chi connectivity index (χ0) is 20.1. The van der Waals surface area contributed by atoms with Gasteiger partial charge in [0.1, 0.15) is 0 Å². The van der Waals surface area contributed by atoms with Crippen LogP contribution in [0.5, 0.6) is 0 Å². The highest BCUT2D eigenvalue weighted by molar-refractivity contribution is 7.80. The van der Waals surface area contributed by atoms with Crippen LogP contribution >= 0.6 is 12.2 Å². The van der Waals surface area contributed by atoms with Crippen molar-refractivity contribution in [2.24, 2.45) is 5.92 Å². The van der Waals surface area contributed by atoms with E-state index in [4.69, 9.17) is 21.7 Å². The van der Waals surface area contributed by atoms with Crippen LogP contribution in [-0.4, -0.2) is 63.8 Å². The lowest BCUT2D eigenvalue weighted by Crippen LogP contribution is -2.43. The Morgan fingerprint density at radius 2 is 1.62 bits per heavy atom. The summed E-state index contributed by atoms with van der Waals surface area (Å²) < 4.78 is 11.1. The number of ether oxygens (including phenoxy) is 2. The maximum absolute atomic E-state index is 5.70. The van der Waals surface area contributed by atoms with Gasteiger partial charge >= 0.3 is 0 Å². The van der Waals surface area contributed by atoms with E-state index < -0.39 is 0 Å². The van der Waals surface area contributed by atoms with Gasteiger partial charge in [0.05, 0.1) is 37.8 Å². The molecule has 0 amide bonds. The molecule has 2 N–H and O–H groups in total. The molecule has 29 heavy (non-hydrogen) atoms. The van der Waals surface area contributed by atoms with Crippen LogP contribution in [0.4, 0.5) is 17.1 Å². The molecule has 2 heterocycles. The van der Waals surface area contributed by atoms with Crippen molar-refractivity contribution in [1.82, 2.24) is 5.32 Å². The van der Waals surface area contributed by atoms with E-state index in [-0.39, 0.29) is 0 Å². The molecule has 7 heteroatoms. The molecule has 160 valence electrons. The quantitative estimate of drug-likeness (QED) is 0.728. The van der Waals surface area contributed by atoms with Gasteiger partial charge in [0.2, 0.25) is 0 Å². The number of benzene rings is 1. The molecule has 6 nitrogen and oxygen atoms in total. The smallest absolute Gasteiger partial charge is 0.171 e. The number of anilines is 3. The summed E-state index contributed by atoms with van der Waals surface area (Å²) in [7, 11) is 0. The molecule has 0 bridgehead atoms. The van der Waals surface area contributed by atoms with Crippen molar-refractivity contribution >= 4 is 34.4 Å². The lowest BCUT2D eigenvalue weighted by molar-refractivity contribution is 0.122. The lowest BCUT2D eigenvalue weighted by atomic mass is 9.86. The standard InChI is InChI=1S/C22H34N4O2S/c1-17-4-2-3-5-19(17)23-22(29)24-20-7-6-18(25-8-12-27-13-9-25)16-21(20)26-10-14-28-15-11-26/h6-7,16-17,19H,2-5,8-15H2,1H3,(H2,23,24,29)/t17-,19+/m0/s1. The third-order valence-electron chi connectivity index (χ3n) is 6.39. The van der Waals surface area contributed by atoms with Crippen LogP contribution in [0, 0.1) is 5.92 Å². The third kappa shape index (κ3) is 5.32. The van der Waals surface area contributed by atoms with E-state index in [0.717, 1.165) is 63.4 Å².